The number of para-hydroxylation sites is 1. The number of halogens is 3. The van der Waals surface area contributed by atoms with Gasteiger partial charge in [-0.05, 0) is 18.6 Å². The van der Waals surface area contributed by atoms with Crippen molar-refractivity contribution in [2.75, 3.05) is 16.8 Å². The van der Waals surface area contributed by atoms with Crippen molar-refractivity contribution in [2.24, 2.45) is 0 Å². The van der Waals surface area contributed by atoms with E-state index in [-0.39, 0.29) is 23.7 Å². The maximum atomic E-state index is 13.1. The number of nitrogens with one attached hydrogen (secondary N) is 1. The van der Waals surface area contributed by atoms with Crippen molar-refractivity contribution < 1.29 is 18.0 Å². The second-order valence-electron chi connectivity index (χ2n) is 5.39. The summed E-state index contributed by atoms with van der Waals surface area (Å²) in [7, 11) is 0. The summed E-state index contributed by atoms with van der Waals surface area (Å²) in [5, 5.41) is 11.5. The summed E-state index contributed by atoms with van der Waals surface area (Å²) >= 11 is 0. The summed E-state index contributed by atoms with van der Waals surface area (Å²) in [6.45, 7) is 0.160. The maximum Gasteiger partial charge on any atom is 0.418 e. The lowest BCUT2D eigenvalue weighted by Gasteiger charge is -2.21. The number of carbonyl (C=O) groups excluding carboxylic acids is 1. The lowest BCUT2D eigenvalue weighted by molar-refractivity contribution is -0.137. The minimum atomic E-state index is -4.54. The summed E-state index contributed by atoms with van der Waals surface area (Å²) < 4.78 is 39.4. The number of nitrogens with zero attached hydrogens (tertiary/aromatic N) is 4. The molecular formula is C16H12F3N5O. The average molecular weight is 347 g/mol. The van der Waals surface area contributed by atoms with E-state index in [4.69, 9.17) is 5.26 Å². The van der Waals surface area contributed by atoms with Gasteiger partial charge in [0.2, 0.25) is 5.91 Å². The highest BCUT2D eigenvalue weighted by molar-refractivity contribution is 6.01. The van der Waals surface area contributed by atoms with E-state index in [1.165, 1.54) is 30.6 Å². The van der Waals surface area contributed by atoms with Crippen molar-refractivity contribution in [3.8, 4) is 6.07 Å². The smallest absolute Gasteiger partial charge is 0.357 e. The van der Waals surface area contributed by atoms with Crippen LogP contribution in [0.1, 0.15) is 17.7 Å². The molecule has 1 aromatic heterocycles. The first-order valence-corrected chi connectivity index (χ1v) is 7.36. The molecule has 2 heterocycles. The molecule has 0 radical (unpaired) electrons. The monoisotopic (exact) mass is 347 g/mol. The molecule has 1 saturated heterocycles. The standard InChI is InChI=1S/C16H12F3N5O/c17-16(18,19)11-3-1-2-4-13(11)24-6-5-12(15(24)25)23-14-9-21-10(7-20)8-22-14/h1-4,8-9,12H,5-6H2,(H,22,23)/t12-/m1/s1. The number of aromatic nitrogens is 2. The van der Waals surface area contributed by atoms with Gasteiger partial charge in [-0.1, -0.05) is 12.1 Å². The Bertz CT molecular complexity index is 829. The summed E-state index contributed by atoms with van der Waals surface area (Å²) in [5.41, 5.74) is -0.874. The lowest BCUT2D eigenvalue weighted by atomic mass is 10.1. The van der Waals surface area contributed by atoms with Gasteiger partial charge in [-0.25, -0.2) is 9.97 Å². The number of rotatable bonds is 3. The summed E-state index contributed by atoms with van der Waals surface area (Å²) in [5.74, 6) is -0.189. The Balaban J connectivity index is 1.79. The minimum absolute atomic E-state index is 0.129. The van der Waals surface area contributed by atoms with Crippen molar-refractivity contribution in [3.63, 3.8) is 0 Å². The molecule has 0 bridgehead atoms. The number of alkyl halides is 3. The van der Waals surface area contributed by atoms with Crippen molar-refractivity contribution in [1.29, 1.82) is 5.26 Å². The molecule has 25 heavy (non-hydrogen) atoms. The Morgan fingerprint density at radius 3 is 2.64 bits per heavy atom. The Hall–Kier alpha value is -3.15. The van der Waals surface area contributed by atoms with Crippen molar-refractivity contribution in [2.45, 2.75) is 18.6 Å². The summed E-state index contributed by atoms with van der Waals surface area (Å²) in [6.07, 6.45) is -1.66. The van der Waals surface area contributed by atoms with Gasteiger partial charge < -0.3 is 10.2 Å². The highest BCUT2D eigenvalue weighted by atomic mass is 19.4. The van der Waals surface area contributed by atoms with Crippen LogP contribution in [0.3, 0.4) is 0 Å². The second-order valence-corrected chi connectivity index (χ2v) is 5.39. The van der Waals surface area contributed by atoms with Crippen molar-refractivity contribution in [3.05, 3.63) is 47.9 Å². The van der Waals surface area contributed by atoms with E-state index in [0.717, 1.165) is 11.0 Å². The van der Waals surface area contributed by atoms with E-state index >= 15 is 0 Å². The van der Waals surface area contributed by atoms with Gasteiger partial charge in [0.1, 0.15) is 17.9 Å². The topological polar surface area (TPSA) is 81.9 Å². The minimum Gasteiger partial charge on any atom is -0.357 e. The van der Waals surface area contributed by atoms with Gasteiger partial charge in [0.25, 0.3) is 0 Å². The van der Waals surface area contributed by atoms with Crippen LogP contribution in [0, 0.1) is 11.3 Å². The number of carbonyl (C=O) groups is 1. The first kappa shape index (κ1) is 16.7. The molecule has 0 saturated carbocycles. The van der Waals surface area contributed by atoms with Crippen LogP contribution in [0.4, 0.5) is 24.7 Å². The highest BCUT2D eigenvalue weighted by Gasteiger charge is 2.39. The van der Waals surface area contributed by atoms with Gasteiger partial charge in [0.05, 0.1) is 23.6 Å². The fourth-order valence-corrected chi connectivity index (χ4v) is 2.64. The van der Waals surface area contributed by atoms with Crippen molar-refractivity contribution in [1.82, 2.24) is 9.97 Å². The quantitative estimate of drug-likeness (QED) is 0.923. The molecule has 1 N–H and O–H groups in total. The first-order chi connectivity index (χ1) is 11.9. The van der Waals surface area contributed by atoms with Crippen molar-refractivity contribution >= 4 is 17.4 Å². The van der Waals surface area contributed by atoms with Crippen LogP contribution in [-0.2, 0) is 11.0 Å². The number of hydrogen-bond donors (Lipinski definition) is 1. The zero-order chi connectivity index (χ0) is 18.0. The Labute approximate surface area is 140 Å². The number of anilines is 2. The molecule has 6 nitrogen and oxygen atoms in total. The molecule has 2 aromatic rings. The molecule has 1 atom stereocenters. The molecule has 1 aliphatic rings. The second kappa shape index (κ2) is 6.39. The van der Waals surface area contributed by atoms with E-state index in [1.807, 2.05) is 6.07 Å². The van der Waals surface area contributed by atoms with E-state index in [0.29, 0.717) is 6.42 Å². The predicted octanol–water partition coefficient (Wildman–Crippen LogP) is 2.58. The molecule has 0 aliphatic carbocycles. The average Bonchev–Trinajstić information content (AvgIpc) is 2.95. The Morgan fingerprint density at radius 1 is 1.24 bits per heavy atom. The SMILES string of the molecule is N#Cc1cnc(N[C@@H]2CCN(c3ccccc3C(F)(F)F)C2=O)cn1. The normalized spacial score (nSPS) is 17.4. The van der Waals surface area contributed by atoms with Crippen LogP contribution in [0.5, 0.6) is 0 Å². The first-order valence-electron chi connectivity index (χ1n) is 7.36. The van der Waals surface area contributed by atoms with E-state index < -0.39 is 23.7 Å². The van der Waals surface area contributed by atoms with Gasteiger partial charge in [-0.2, -0.15) is 18.4 Å². The zero-order valence-corrected chi connectivity index (χ0v) is 12.8. The van der Waals surface area contributed by atoms with Crippen LogP contribution < -0.4 is 10.2 Å². The summed E-state index contributed by atoms with van der Waals surface area (Å²) in [4.78, 5) is 21.4. The molecule has 128 valence electrons. The van der Waals surface area contributed by atoms with Gasteiger partial charge in [0.15, 0.2) is 5.69 Å². The molecular weight excluding hydrogens is 335 g/mol. The fraction of sp³-hybridized carbons (Fsp3) is 0.250. The number of amides is 1. The molecule has 0 spiro atoms. The molecule has 3 rings (SSSR count). The number of nitriles is 1. The third-order valence-electron chi connectivity index (χ3n) is 3.79. The predicted molar refractivity (Wildman–Crippen MR) is 82.6 cm³/mol. The Kier molecular flexibility index (Phi) is 4.27. The van der Waals surface area contributed by atoms with Gasteiger partial charge in [-0.15, -0.1) is 0 Å². The van der Waals surface area contributed by atoms with Gasteiger partial charge in [0, 0.05) is 6.54 Å². The molecule has 1 amide bonds. The summed E-state index contributed by atoms with van der Waals surface area (Å²) in [6, 6.07) is 6.10. The molecule has 1 fully saturated rings. The lowest BCUT2D eigenvalue weighted by Crippen LogP contribution is -2.34. The van der Waals surface area contributed by atoms with Crippen LogP contribution in [-0.4, -0.2) is 28.5 Å². The molecule has 9 heteroatoms. The van der Waals surface area contributed by atoms with Crippen LogP contribution in [0.2, 0.25) is 0 Å². The van der Waals surface area contributed by atoms with Crippen LogP contribution in [0.15, 0.2) is 36.7 Å². The largest absolute Gasteiger partial charge is 0.418 e. The number of hydrogen-bond acceptors (Lipinski definition) is 5. The third kappa shape index (κ3) is 3.38. The van der Waals surface area contributed by atoms with Gasteiger partial charge in [-0.3, -0.25) is 4.79 Å². The zero-order valence-electron chi connectivity index (χ0n) is 12.8. The van der Waals surface area contributed by atoms with E-state index in [1.54, 1.807) is 0 Å². The fourth-order valence-electron chi connectivity index (χ4n) is 2.64. The molecule has 1 aromatic carbocycles. The van der Waals surface area contributed by atoms with E-state index in [2.05, 4.69) is 15.3 Å². The highest BCUT2D eigenvalue weighted by Crippen LogP contribution is 2.37. The van der Waals surface area contributed by atoms with Gasteiger partial charge >= 0.3 is 6.18 Å². The number of benzene rings is 1. The third-order valence-corrected chi connectivity index (χ3v) is 3.79. The van der Waals surface area contributed by atoms with Crippen LogP contribution in [0.25, 0.3) is 0 Å². The molecule has 1 aliphatic heterocycles. The molecule has 0 unspecified atom stereocenters. The van der Waals surface area contributed by atoms with E-state index in [9.17, 15) is 18.0 Å². The maximum absolute atomic E-state index is 13.1. The van der Waals surface area contributed by atoms with Crippen LogP contribution >= 0.6 is 0 Å². The Morgan fingerprint density at radius 2 is 2.00 bits per heavy atom.